The van der Waals surface area contributed by atoms with Crippen molar-refractivity contribution < 1.29 is 5.11 Å². The first-order valence-corrected chi connectivity index (χ1v) is 8.48. The van der Waals surface area contributed by atoms with Crippen LogP contribution < -0.4 is 5.32 Å². The third-order valence-electron chi connectivity index (χ3n) is 4.08. The van der Waals surface area contributed by atoms with E-state index in [2.05, 4.69) is 32.3 Å². The molecule has 3 heteroatoms. The van der Waals surface area contributed by atoms with Gasteiger partial charge in [0.05, 0.1) is 0 Å². The van der Waals surface area contributed by atoms with Gasteiger partial charge in [0.1, 0.15) is 5.75 Å². The Hall–Kier alpha value is -0.670. The third kappa shape index (κ3) is 3.09. The van der Waals surface area contributed by atoms with Crippen LogP contribution in [-0.2, 0) is 0 Å². The fourth-order valence-electron chi connectivity index (χ4n) is 3.22. The minimum absolute atomic E-state index is 0.314. The molecule has 3 atom stereocenters. The van der Waals surface area contributed by atoms with Crippen molar-refractivity contribution in [2.45, 2.75) is 39.2 Å². The molecule has 3 unspecified atom stereocenters. The van der Waals surface area contributed by atoms with Crippen LogP contribution in [-0.4, -0.2) is 23.7 Å². The Kier molecular flexibility index (Phi) is 4.80. The van der Waals surface area contributed by atoms with Crippen molar-refractivity contribution in [2.24, 2.45) is 5.92 Å². The van der Waals surface area contributed by atoms with Gasteiger partial charge >= 0.3 is 0 Å². The lowest BCUT2D eigenvalue weighted by atomic mass is 9.97. The third-order valence-corrected chi connectivity index (χ3v) is 4.98. The van der Waals surface area contributed by atoms with Crippen LogP contribution >= 0.6 is 11.8 Å². The number of fused-ring (bicyclic) bond motifs is 1. The van der Waals surface area contributed by atoms with Crippen molar-refractivity contribution in [3.63, 3.8) is 0 Å². The number of nitrogens with one attached hydrogen (secondary N) is 1. The van der Waals surface area contributed by atoms with Crippen LogP contribution in [0.4, 0.5) is 0 Å². The molecule has 0 aromatic heterocycles. The molecular weight excluding hydrogens is 254 g/mol. The van der Waals surface area contributed by atoms with Gasteiger partial charge < -0.3 is 10.4 Å². The highest BCUT2D eigenvalue weighted by Crippen LogP contribution is 2.45. The van der Waals surface area contributed by atoms with Crippen LogP contribution in [0, 0.1) is 12.8 Å². The Morgan fingerprint density at radius 1 is 1.42 bits per heavy atom. The van der Waals surface area contributed by atoms with Crippen molar-refractivity contribution >= 4 is 11.8 Å². The summed E-state index contributed by atoms with van der Waals surface area (Å²) in [6.07, 6.45) is 3.25. The minimum atomic E-state index is 0.314. The molecule has 1 aromatic rings. The van der Waals surface area contributed by atoms with Gasteiger partial charge in [0, 0.05) is 11.6 Å². The Bertz CT molecular complexity index is 447. The fourth-order valence-corrected chi connectivity index (χ4v) is 3.90. The molecule has 1 aromatic carbocycles. The molecule has 2 N–H and O–H groups in total. The minimum Gasteiger partial charge on any atom is -0.508 e. The van der Waals surface area contributed by atoms with Gasteiger partial charge in [-0.3, -0.25) is 0 Å². The lowest BCUT2D eigenvalue weighted by Crippen LogP contribution is -2.26. The molecule has 0 heterocycles. The quantitative estimate of drug-likeness (QED) is 0.859. The molecular formula is C16H25NOS. The maximum atomic E-state index is 10.2. The average molecular weight is 279 g/mol. The Morgan fingerprint density at radius 2 is 2.16 bits per heavy atom. The Morgan fingerprint density at radius 3 is 2.84 bits per heavy atom. The lowest BCUT2D eigenvalue weighted by Gasteiger charge is -2.18. The SMILES string of the molecule is CSCC(C)CNC1CC(C)c2c(C)ccc(O)c21. The first-order valence-electron chi connectivity index (χ1n) is 7.09. The Labute approximate surface area is 121 Å². The molecule has 0 radical (unpaired) electrons. The van der Waals surface area contributed by atoms with Gasteiger partial charge in [-0.25, -0.2) is 0 Å². The maximum Gasteiger partial charge on any atom is 0.120 e. The summed E-state index contributed by atoms with van der Waals surface area (Å²) in [5.74, 6) is 2.85. The van der Waals surface area contributed by atoms with E-state index in [1.54, 1.807) is 0 Å². The topological polar surface area (TPSA) is 32.3 Å². The molecule has 0 aliphatic heterocycles. The van der Waals surface area contributed by atoms with Crippen LogP contribution in [0.2, 0.25) is 0 Å². The molecule has 0 spiro atoms. The molecule has 0 saturated carbocycles. The van der Waals surface area contributed by atoms with Crippen LogP contribution in [0.3, 0.4) is 0 Å². The molecule has 0 fully saturated rings. The predicted octanol–water partition coefficient (Wildman–Crippen LogP) is 3.84. The zero-order chi connectivity index (χ0) is 14.0. The van der Waals surface area contributed by atoms with Crippen molar-refractivity contribution in [3.8, 4) is 5.75 Å². The highest BCUT2D eigenvalue weighted by molar-refractivity contribution is 7.98. The number of phenolic OH excluding ortho intramolecular Hbond substituents is 1. The molecule has 1 aliphatic rings. The molecule has 2 nitrogen and oxygen atoms in total. The van der Waals surface area contributed by atoms with Gasteiger partial charge in [-0.2, -0.15) is 11.8 Å². The molecule has 19 heavy (non-hydrogen) atoms. The van der Waals surface area contributed by atoms with Gasteiger partial charge in [0.2, 0.25) is 0 Å². The summed E-state index contributed by atoms with van der Waals surface area (Å²) in [6.45, 7) is 7.70. The number of rotatable bonds is 5. The van der Waals surface area contributed by atoms with E-state index in [0.29, 0.717) is 23.6 Å². The number of benzene rings is 1. The van der Waals surface area contributed by atoms with E-state index in [1.807, 2.05) is 23.9 Å². The highest BCUT2D eigenvalue weighted by Gasteiger charge is 2.31. The zero-order valence-corrected chi connectivity index (χ0v) is 13.2. The standard InChI is InChI=1S/C16H25NOS/c1-10(9-19-4)8-17-13-7-12(3)15-11(2)5-6-14(18)16(13)15/h5-6,10,12-13,17-18H,7-9H2,1-4H3. The molecule has 2 rings (SSSR count). The number of hydrogen-bond acceptors (Lipinski definition) is 3. The van der Waals surface area contributed by atoms with E-state index in [1.165, 1.54) is 16.9 Å². The summed E-state index contributed by atoms with van der Waals surface area (Å²) < 4.78 is 0. The second-order valence-corrected chi connectivity index (χ2v) is 6.80. The second kappa shape index (κ2) is 6.19. The van der Waals surface area contributed by atoms with Crippen molar-refractivity contribution in [3.05, 3.63) is 28.8 Å². The lowest BCUT2D eigenvalue weighted by molar-refractivity contribution is 0.431. The summed E-state index contributed by atoms with van der Waals surface area (Å²) in [4.78, 5) is 0. The molecule has 0 amide bonds. The summed E-state index contributed by atoms with van der Waals surface area (Å²) >= 11 is 1.89. The van der Waals surface area contributed by atoms with Crippen LogP contribution in [0.25, 0.3) is 0 Å². The van der Waals surface area contributed by atoms with E-state index < -0.39 is 0 Å². The second-order valence-electron chi connectivity index (χ2n) is 5.89. The van der Waals surface area contributed by atoms with E-state index in [9.17, 15) is 5.11 Å². The van der Waals surface area contributed by atoms with E-state index in [4.69, 9.17) is 0 Å². The van der Waals surface area contributed by atoms with Gasteiger partial charge in [-0.05, 0) is 60.9 Å². The number of aryl methyl sites for hydroxylation is 1. The van der Waals surface area contributed by atoms with Crippen molar-refractivity contribution in [1.29, 1.82) is 0 Å². The highest BCUT2D eigenvalue weighted by atomic mass is 32.2. The normalized spacial score (nSPS) is 23.4. The van der Waals surface area contributed by atoms with Gasteiger partial charge in [0.15, 0.2) is 0 Å². The van der Waals surface area contributed by atoms with Gasteiger partial charge in [-0.15, -0.1) is 0 Å². The summed E-state index contributed by atoms with van der Waals surface area (Å²) in [6, 6.07) is 4.18. The molecule has 106 valence electrons. The van der Waals surface area contributed by atoms with Gasteiger partial charge in [0.25, 0.3) is 0 Å². The van der Waals surface area contributed by atoms with Crippen molar-refractivity contribution in [1.82, 2.24) is 5.32 Å². The van der Waals surface area contributed by atoms with Crippen LogP contribution in [0.5, 0.6) is 5.75 Å². The number of thioether (sulfide) groups is 1. The predicted molar refractivity (Wildman–Crippen MR) is 84.2 cm³/mol. The van der Waals surface area contributed by atoms with E-state index in [0.717, 1.165) is 18.5 Å². The van der Waals surface area contributed by atoms with E-state index in [-0.39, 0.29) is 0 Å². The largest absolute Gasteiger partial charge is 0.508 e. The number of hydrogen-bond donors (Lipinski definition) is 2. The number of aromatic hydroxyl groups is 1. The Balaban J connectivity index is 2.13. The summed E-state index contributed by atoms with van der Waals surface area (Å²) in [5.41, 5.74) is 3.81. The first kappa shape index (κ1) is 14.7. The monoisotopic (exact) mass is 279 g/mol. The zero-order valence-electron chi connectivity index (χ0n) is 12.4. The average Bonchev–Trinajstić information content (AvgIpc) is 2.70. The first-order chi connectivity index (χ1) is 9.04. The summed E-state index contributed by atoms with van der Waals surface area (Å²) in [7, 11) is 0. The van der Waals surface area contributed by atoms with E-state index >= 15 is 0 Å². The summed E-state index contributed by atoms with van der Waals surface area (Å²) in [5, 5.41) is 13.8. The smallest absolute Gasteiger partial charge is 0.120 e. The van der Waals surface area contributed by atoms with Crippen molar-refractivity contribution in [2.75, 3.05) is 18.6 Å². The number of phenols is 1. The van der Waals surface area contributed by atoms with Gasteiger partial charge in [-0.1, -0.05) is 19.9 Å². The fraction of sp³-hybridized carbons (Fsp3) is 0.625. The molecule has 0 saturated heterocycles. The maximum absolute atomic E-state index is 10.2. The molecule has 1 aliphatic carbocycles. The molecule has 0 bridgehead atoms. The van der Waals surface area contributed by atoms with Crippen LogP contribution in [0.15, 0.2) is 12.1 Å². The van der Waals surface area contributed by atoms with Crippen LogP contribution in [0.1, 0.15) is 48.9 Å².